The molecule has 0 N–H and O–H groups in total. The number of thiophene rings is 1. The summed E-state index contributed by atoms with van der Waals surface area (Å²) in [7, 11) is 0. The number of hydrogen-bond donors (Lipinski definition) is 0. The Morgan fingerprint density at radius 2 is 0.951 bits per heavy atom. The lowest BCUT2D eigenvalue weighted by Crippen LogP contribution is -2.00. The first-order valence-electron chi connectivity index (χ1n) is 20.3. The molecular weight excluding hydrogens is 767 g/mol. The summed E-state index contributed by atoms with van der Waals surface area (Å²) >= 11 is 1.84. The van der Waals surface area contributed by atoms with Gasteiger partial charge in [-0.05, 0) is 87.6 Å². The lowest BCUT2D eigenvalue weighted by atomic mass is 9.96. The second-order valence-corrected chi connectivity index (χ2v) is 16.6. The van der Waals surface area contributed by atoms with Crippen LogP contribution in [0.15, 0.2) is 197 Å². The van der Waals surface area contributed by atoms with Gasteiger partial charge in [-0.2, -0.15) is 0 Å². The van der Waals surface area contributed by atoms with E-state index in [4.69, 9.17) is 23.8 Å². The van der Waals surface area contributed by atoms with Crippen LogP contribution in [0.1, 0.15) is 0 Å². The van der Waals surface area contributed by atoms with E-state index >= 15 is 0 Å². The zero-order valence-corrected chi connectivity index (χ0v) is 33.3. The minimum absolute atomic E-state index is 0.584. The topological polar surface area (TPSA) is 65.0 Å². The van der Waals surface area contributed by atoms with Crippen molar-refractivity contribution in [1.82, 2.24) is 15.0 Å². The summed E-state index contributed by atoms with van der Waals surface area (Å²) in [5.41, 5.74) is 10.5. The molecule has 0 atom stereocenters. The number of hydrogen-bond acceptors (Lipinski definition) is 6. The van der Waals surface area contributed by atoms with Gasteiger partial charge in [-0.15, -0.1) is 11.3 Å². The summed E-state index contributed by atoms with van der Waals surface area (Å²) in [6.07, 6.45) is 0. The van der Waals surface area contributed by atoms with Gasteiger partial charge in [0.15, 0.2) is 17.5 Å². The monoisotopic (exact) mass is 797 g/mol. The van der Waals surface area contributed by atoms with Gasteiger partial charge >= 0.3 is 0 Å². The Morgan fingerprint density at radius 3 is 1.82 bits per heavy atom. The Balaban J connectivity index is 0.950. The quantitative estimate of drug-likeness (QED) is 0.174. The molecule has 0 aliphatic heterocycles. The molecule has 4 aromatic heterocycles. The van der Waals surface area contributed by atoms with Crippen molar-refractivity contribution >= 4 is 86.2 Å². The number of fused-ring (bicyclic) bond motifs is 10. The Morgan fingerprint density at radius 1 is 0.311 bits per heavy atom. The van der Waals surface area contributed by atoms with E-state index < -0.39 is 0 Å². The minimum Gasteiger partial charge on any atom is -0.456 e. The molecule has 13 rings (SSSR count). The van der Waals surface area contributed by atoms with Gasteiger partial charge in [0.25, 0.3) is 0 Å². The summed E-state index contributed by atoms with van der Waals surface area (Å²) in [5.74, 6) is 1.81. The zero-order chi connectivity index (χ0) is 40.0. The standard InChI is InChI=1S/C55H31N3O2S/c1-2-11-33(12-3-1)53-56-54(38-21-20-32-10-4-5-13-34(32)28-38)58-55(57-53)43-16-9-18-47-52(43)44-29-37(24-27-45(44)59-47)39-15-8-17-46-51(39)42-26-23-35(30-48(42)60-46)36-22-25-41-40-14-6-7-19-49(40)61-50(41)31-36/h1-31H. The normalized spacial score (nSPS) is 11.9. The maximum Gasteiger partial charge on any atom is 0.164 e. The highest BCUT2D eigenvalue weighted by atomic mass is 32.1. The van der Waals surface area contributed by atoms with Crippen LogP contribution in [-0.2, 0) is 0 Å². The summed E-state index contributed by atoms with van der Waals surface area (Å²) in [4.78, 5) is 15.3. The molecule has 0 aliphatic rings. The number of furan rings is 2. The Hall–Kier alpha value is -7.93. The van der Waals surface area contributed by atoms with E-state index in [-0.39, 0.29) is 0 Å². The Bertz CT molecular complexity index is 3900. The number of benzene rings is 9. The second-order valence-electron chi connectivity index (χ2n) is 15.5. The van der Waals surface area contributed by atoms with Gasteiger partial charge in [-0.1, -0.05) is 133 Å². The third-order valence-electron chi connectivity index (χ3n) is 11.9. The van der Waals surface area contributed by atoms with Gasteiger partial charge in [-0.3, -0.25) is 0 Å². The van der Waals surface area contributed by atoms with Gasteiger partial charge in [0, 0.05) is 58.4 Å². The van der Waals surface area contributed by atoms with Gasteiger partial charge in [-0.25, -0.2) is 15.0 Å². The highest BCUT2D eigenvalue weighted by Gasteiger charge is 2.20. The zero-order valence-electron chi connectivity index (χ0n) is 32.5. The molecule has 0 fully saturated rings. The van der Waals surface area contributed by atoms with Crippen molar-refractivity contribution in [2.75, 3.05) is 0 Å². The fourth-order valence-electron chi connectivity index (χ4n) is 9.00. The van der Waals surface area contributed by atoms with Crippen LogP contribution >= 0.6 is 11.3 Å². The molecule has 0 aliphatic carbocycles. The number of nitrogens with zero attached hydrogens (tertiary/aromatic N) is 3. The average molecular weight is 798 g/mol. The molecule has 4 heterocycles. The predicted molar refractivity (Wildman–Crippen MR) is 252 cm³/mol. The molecule has 0 spiro atoms. The van der Waals surface area contributed by atoms with Crippen LogP contribution in [-0.4, -0.2) is 15.0 Å². The molecule has 0 saturated carbocycles. The largest absolute Gasteiger partial charge is 0.456 e. The molecule has 284 valence electrons. The summed E-state index contributed by atoms with van der Waals surface area (Å²) < 4.78 is 15.7. The maximum absolute atomic E-state index is 6.61. The van der Waals surface area contributed by atoms with Crippen molar-refractivity contribution in [3.63, 3.8) is 0 Å². The van der Waals surface area contributed by atoms with E-state index in [1.807, 2.05) is 53.8 Å². The molecule has 61 heavy (non-hydrogen) atoms. The molecular formula is C55H31N3O2S. The SMILES string of the molecule is c1ccc(-c2nc(-c3ccc4ccccc4c3)nc(-c3cccc4oc5ccc(-c6cccc7oc8cc(-c9ccc%10c(c9)sc9ccccc9%10)ccc8c67)cc5c34)n2)cc1. The van der Waals surface area contributed by atoms with Gasteiger partial charge in [0.05, 0.1) is 0 Å². The van der Waals surface area contributed by atoms with E-state index in [0.717, 1.165) is 82.6 Å². The van der Waals surface area contributed by atoms with E-state index in [9.17, 15) is 0 Å². The number of rotatable bonds is 5. The minimum atomic E-state index is 0.584. The van der Waals surface area contributed by atoms with Crippen LogP contribution in [0.5, 0.6) is 0 Å². The van der Waals surface area contributed by atoms with Crippen molar-refractivity contribution in [1.29, 1.82) is 0 Å². The molecule has 9 aromatic carbocycles. The average Bonchev–Trinajstić information content (AvgIpc) is 4.02. The number of aromatic nitrogens is 3. The fraction of sp³-hybridized carbons (Fsp3) is 0. The first-order valence-corrected chi connectivity index (χ1v) is 21.1. The first kappa shape index (κ1) is 34.0. The third kappa shape index (κ3) is 5.50. The van der Waals surface area contributed by atoms with Crippen molar-refractivity contribution < 1.29 is 8.83 Å². The first-order chi connectivity index (χ1) is 30.2. The van der Waals surface area contributed by atoms with Gasteiger partial charge in [0.1, 0.15) is 22.3 Å². The predicted octanol–water partition coefficient (Wildman–Crippen LogP) is 15.5. The van der Waals surface area contributed by atoms with E-state index in [2.05, 4.69) is 146 Å². The van der Waals surface area contributed by atoms with Crippen LogP contribution in [0.3, 0.4) is 0 Å². The van der Waals surface area contributed by atoms with E-state index in [1.54, 1.807) is 0 Å². The van der Waals surface area contributed by atoms with Crippen LogP contribution in [0, 0.1) is 0 Å². The molecule has 0 bridgehead atoms. The third-order valence-corrected chi connectivity index (χ3v) is 13.1. The molecule has 13 aromatic rings. The van der Waals surface area contributed by atoms with Crippen LogP contribution in [0.4, 0.5) is 0 Å². The van der Waals surface area contributed by atoms with Crippen molar-refractivity contribution in [3.05, 3.63) is 188 Å². The van der Waals surface area contributed by atoms with Crippen molar-refractivity contribution in [2.45, 2.75) is 0 Å². The van der Waals surface area contributed by atoms with Crippen LogP contribution in [0.25, 0.3) is 131 Å². The lowest BCUT2D eigenvalue weighted by Gasteiger charge is -2.10. The highest BCUT2D eigenvalue weighted by Crippen LogP contribution is 2.43. The van der Waals surface area contributed by atoms with Crippen LogP contribution in [0.2, 0.25) is 0 Å². The molecule has 0 radical (unpaired) electrons. The highest BCUT2D eigenvalue weighted by molar-refractivity contribution is 7.25. The van der Waals surface area contributed by atoms with Crippen molar-refractivity contribution in [2.24, 2.45) is 0 Å². The second kappa shape index (κ2) is 13.3. The summed E-state index contributed by atoms with van der Waals surface area (Å²) in [6, 6.07) is 65.7. The van der Waals surface area contributed by atoms with Crippen LogP contribution < -0.4 is 0 Å². The van der Waals surface area contributed by atoms with Gasteiger partial charge in [0.2, 0.25) is 0 Å². The molecule has 0 unspecified atom stereocenters. The van der Waals surface area contributed by atoms with E-state index in [1.165, 1.54) is 31.1 Å². The fourth-order valence-corrected chi connectivity index (χ4v) is 10.1. The summed E-state index contributed by atoms with van der Waals surface area (Å²) in [5, 5.41) is 9.00. The maximum atomic E-state index is 6.61. The molecule has 0 saturated heterocycles. The molecule has 5 nitrogen and oxygen atoms in total. The van der Waals surface area contributed by atoms with Gasteiger partial charge < -0.3 is 8.83 Å². The summed E-state index contributed by atoms with van der Waals surface area (Å²) in [6.45, 7) is 0. The Kier molecular flexibility index (Phi) is 7.41. The van der Waals surface area contributed by atoms with E-state index in [0.29, 0.717) is 17.5 Å². The Labute approximate surface area is 352 Å². The molecule has 0 amide bonds. The lowest BCUT2D eigenvalue weighted by molar-refractivity contribution is 0.669. The smallest absolute Gasteiger partial charge is 0.164 e. The molecule has 6 heteroatoms. The van der Waals surface area contributed by atoms with Crippen molar-refractivity contribution in [3.8, 4) is 56.4 Å².